The summed E-state index contributed by atoms with van der Waals surface area (Å²) in [5, 5.41) is 5.10. The first-order chi connectivity index (χ1) is 8.83. The second-order valence-corrected chi connectivity index (χ2v) is 7.00. The third kappa shape index (κ3) is 2.69. The highest BCUT2D eigenvalue weighted by molar-refractivity contribution is 8.77. The van der Waals surface area contributed by atoms with Gasteiger partial charge in [-0.05, 0) is 23.3 Å². The van der Waals surface area contributed by atoms with Gasteiger partial charge in [0, 0.05) is 5.02 Å². The molecule has 0 radical (unpaired) electrons. The SMILES string of the molecule is Clc1ccc(C2NC(c3ccccc3)SS2)cc1. The maximum absolute atomic E-state index is 5.91. The molecule has 1 saturated heterocycles. The second kappa shape index (κ2) is 5.57. The highest BCUT2D eigenvalue weighted by Crippen LogP contribution is 2.51. The smallest absolute Gasteiger partial charge is 0.0904 e. The lowest BCUT2D eigenvalue weighted by Gasteiger charge is -2.12. The molecule has 0 amide bonds. The van der Waals surface area contributed by atoms with Gasteiger partial charge in [-0.2, -0.15) is 0 Å². The van der Waals surface area contributed by atoms with E-state index in [1.165, 1.54) is 11.1 Å². The molecule has 0 spiro atoms. The molecule has 0 aromatic heterocycles. The van der Waals surface area contributed by atoms with Crippen molar-refractivity contribution < 1.29 is 0 Å². The molecule has 2 aromatic carbocycles. The molecule has 2 unspecified atom stereocenters. The number of hydrogen-bond acceptors (Lipinski definition) is 3. The fourth-order valence-corrected chi connectivity index (χ4v) is 4.89. The van der Waals surface area contributed by atoms with Crippen LogP contribution in [0.25, 0.3) is 0 Å². The quantitative estimate of drug-likeness (QED) is 0.781. The van der Waals surface area contributed by atoms with E-state index in [-0.39, 0.29) is 0 Å². The Morgan fingerprint density at radius 1 is 0.778 bits per heavy atom. The minimum Gasteiger partial charge on any atom is -0.285 e. The predicted octanol–water partition coefficient (Wildman–Crippen LogP) is 5.02. The Kier molecular flexibility index (Phi) is 3.85. The molecule has 92 valence electrons. The molecule has 1 aliphatic heterocycles. The fraction of sp³-hybridized carbons (Fsp3) is 0.143. The second-order valence-electron chi connectivity index (χ2n) is 4.08. The zero-order valence-corrected chi connectivity index (χ0v) is 11.9. The summed E-state index contributed by atoms with van der Waals surface area (Å²) in [6.07, 6.45) is 0. The minimum absolute atomic E-state index is 0.331. The normalized spacial score (nSPS) is 23.2. The van der Waals surface area contributed by atoms with Crippen LogP contribution in [-0.4, -0.2) is 0 Å². The van der Waals surface area contributed by atoms with Crippen LogP contribution in [-0.2, 0) is 0 Å². The van der Waals surface area contributed by atoms with Crippen molar-refractivity contribution in [3.63, 3.8) is 0 Å². The van der Waals surface area contributed by atoms with Gasteiger partial charge in [-0.1, -0.05) is 75.7 Å². The third-order valence-electron chi connectivity index (χ3n) is 2.83. The Labute approximate surface area is 120 Å². The Balaban J connectivity index is 1.74. The Bertz CT molecular complexity index is 515. The molecule has 2 atom stereocenters. The summed E-state index contributed by atoms with van der Waals surface area (Å²) in [5.41, 5.74) is 2.60. The number of benzene rings is 2. The standard InChI is InChI=1S/C14H12ClNS2/c15-12-8-6-11(7-9-12)14-16-13(17-18-14)10-4-2-1-3-5-10/h1-9,13-14,16H. The van der Waals surface area contributed by atoms with E-state index in [0.29, 0.717) is 10.7 Å². The van der Waals surface area contributed by atoms with Gasteiger partial charge < -0.3 is 0 Å². The van der Waals surface area contributed by atoms with Crippen molar-refractivity contribution in [2.24, 2.45) is 0 Å². The largest absolute Gasteiger partial charge is 0.285 e. The Morgan fingerprint density at radius 2 is 1.33 bits per heavy atom. The summed E-state index contributed by atoms with van der Waals surface area (Å²) >= 11 is 5.91. The van der Waals surface area contributed by atoms with Crippen LogP contribution in [0.4, 0.5) is 0 Å². The van der Waals surface area contributed by atoms with Gasteiger partial charge in [0.25, 0.3) is 0 Å². The summed E-state index contributed by atoms with van der Waals surface area (Å²) in [6, 6.07) is 18.6. The lowest BCUT2D eigenvalue weighted by Crippen LogP contribution is -2.15. The van der Waals surface area contributed by atoms with E-state index < -0.39 is 0 Å². The molecule has 2 aromatic rings. The van der Waals surface area contributed by atoms with E-state index in [0.717, 1.165) is 5.02 Å². The van der Waals surface area contributed by atoms with Crippen molar-refractivity contribution in [2.75, 3.05) is 0 Å². The molecule has 1 nitrogen and oxygen atoms in total. The van der Waals surface area contributed by atoms with Gasteiger partial charge >= 0.3 is 0 Å². The van der Waals surface area contributed by atoms with Crippen LogP contribution in [0, 0.1) is 0 Å². The lowest BCUT2D eigenvalue weighted by atomic mass is 10.2. The first-order valence-electron chi connectivity index (χ1n) is 5.71. The molecule has 3 rings (SSSR count). The predicted molar refractivity (Wildman–Crippen MR) is 81.7 cm³/mol. The lowest BCUT2D eigenvalue weighted by molar-refractivity contribution is 0.678. The zero-order valence-electron chi connectivity index (χ0n) is 9.55. The monoisotopic (exact) mass is 293 g/mol. The van der Waals surface area contributed by atoms with Gasteiger partial charge in [-0.3, -0.25) is 5.32 Å². The average molecular weight is 294 g/mol. The van der Waals surface area contributed by atoms with Crippen LogP contribution in [0.3, 0.4) is 0 Å². The van der Waals surface area contributed by atoms with Crippen molar-refractivity contribution >= 4 is 33.2 Å². The van der Waals surface area contributed by atoms with Gasteiger partial charge in [-0.15, -0.1) is 0 Å². The van der Waals surface area contributed by atoms with Gasteiger partial charge in [-0.25, -0.2) is 0 Å². The maximum atomic E-state index is 5.91. The van der Waals surface area contributed by atoms with Gasteiger partial charge in [0.1, 0.15) is 0 Å². The number of hydrogen-bond donors (Lipinski definition) is 1. The van der Waals surface area contributed by atoms with Crippen molar-refractivity contribution in [1.82, 2.24) is 5.32 Å². The third-order valence-corrected chi connectivity index (χ3v) is 5.88. The van der Waals surface area contributed by atoms with Crippen LogP contribution in [0.2, 0.25) is 5.02 Å². The van der Waals surface area contributed by atoms with Crippen molar-refractivity contribution in [3.8, 4) is 0 Å². The molecule has 0 saturated carbocycles. The van der Waals surface area contributed by atoms with Gasteiger partial charge in [0.15, 0.2) is 0 Å². The van der Waals surface area contributed by atoms with E-state index in [2.05, 4.69) is 41.7 Å². The topological polar surface area (TPSA) is 12.0 Å². The maximum Gasteiger partial charge on any atom is 0.0904 e. The number of rotatable bonds is 2. The molecule has 0 bridgehead atoms. The summed E-state index contributed by atoms with van der Waals surface area (Å²) in [4.78, 5) is 0. The van der Waals surface area contributed by atoms with E-state index in [4.69, 9.17) is 11.6 Å². The molecule has 1 N–H and O–H groups in total. The molecular weight excluding hydrogens is 282 g/mol. The molecule has 1 fully saturated rings. The van der Waals surface area contributed by atoms with Crippen LogP contribution in [0.1, 0.15) is 21.9 Å². The first-order valence-corrected chi connectivity index (χ1v) is 8.37. The minimum atomic E-state index is 0.331. The summed E-state index contributed by atoms with van der Waals surface area (Å²) in [7, 11) is 3.74. The van der Waals surface area contributed by atoms with E-state index in [1.807, 2.05) is 39.8 Å². The van der Waals surface area contributed by atoms with Crippen molar-refractivity contribution in [3.05, 3.63) is 70.7 Å². The zero-order chi connectivity index (χ0) is 12.4. The van der Waals surface area contributed by atoms with Crippen molar-refractivity contribution in [2.45, 2.75) is 10.7 Å². The molecular formula is C14H12ClNS2. The molecule has 4 heteroatoms. The van der Waals surface area contributed by atoms with Crippen LogP contribution in [0.15, 0.2) is 54.6 Å². The van der Waals surface area contributed by atoms with Crippen LogP contribution in [0.5, 0.6) is 0 Å². The number of nitrogens with one attached hydrogen (secondary N) is 1. The Morgan fingerprint density at radius 3 is 1.94 bits per heavy atom. The van der Waals surface area contributed by atoms with Gasteiger partial charge in [0.2, 0.25) is 0 Å². The van der Waals surface area contributed by atoms with E-state index in [1.54, 1.807) is 0 Å². The molecule has 1 aliphatic rings. The van der Waals surface area contributed by atoms with E-state index in [9.17, 15) is 0 Å². The first kappa shape index (κ1) is 12.4. The Hall–Kier alpha value is -0.610. The van der Waals surface area contributed by atoms with Crippen LogP contribution < -0.4 is 5.32 Å². The highest BCUT2D eigenvalue weighted by Gasteiger charge is 2.27. The van der Waals surface area contributed by atoms with E-state index >= 15 is 0 Å². The van der Waals surface area contributed by atoms with Crippen molar-refractivity contribution in [1.29, 1.82) is 0 Å². The van der Waals surface area contributed by atoms with Crippen LogP contribution >= 0.6 is 33.2 Å². The molecule has 1 heterocycles. The average Bonchev–Trinajstić information content (AvgIpc) is 2.90. The summed E-state index contributed by atoms with van der Waals surface area (Å²) in [5.74, 6) is 0. The molecule has 0 aliphatic carbocycles. The fourth-order valence-electron chi connectivity index (χ4n) is 1.87. The summed E-state index contributed by atoms with van der Waals surface area (Å²) in [6.45, 7) is 0. The highest BCUT2D eigenvalue weighted by atomic mass is 35.5. The molecule has 18 heavy (non-hydrogen) atoms. The summed E-state index contributed by atoms with van der Waals surface area (Å²) < 4.78 is 0. The van der Waals surface area contributed by atoms with Gasteiger partial charge in [0.05, 0.1) is 10.7 Å². The number of halogens is 1.